The van der Waals surface area contributed by atoms with E-state index in [0.717, 1.165) is 24.5 Å². The van der Waals surface area contributed by atoms with Crippen molar-refractivity contribution in [3.05, 3.63) is 0 Å². The number of thioether (sulfide) groups is 1. The van der Waals surface area contributed by atoms with Crippen molar-refractivity contribution in [3.63, 3.8) is 0 Å². The average Bonchev–Trinajstić information content (AvgIpc) is 2.04. The lowest BCUT2D eigenvalue weighted by Gasteiger charge is -2.31. The van der Waals surface area contributed by atoms with Gasteiger partial charge >= 0.3 is 0 Å². The van der Waals surface area contributed by atoms with Crippen LogP contribution in [-0.4, -0.2) is 22.2 Å². The largest absolute Gasteiger partial charge is 0.389 e. The average molecular weight is 202 g/mol. The molecule has 0 atom stereocenters. The second-order valence-electron chi connectivity index (χ2n) is 4.69. The van der Waals surface area contributed by atoms with Crippen LogP contribution < -0.4 is 0 Å². The number of aliphatic hydroxyl groups is 1. The zero-order chi connectivity index (χ0) is 9.73. The standard InChI is InChI=1S/C11H22OS/c1-10(2)8-13-9-11(12)6-4-3-5-7-11/h10,12H,3-9H2,1-2H3. The molecule has 1 saturated carbocycles. The smallest absolute Gasteiger partial charge is 0.0737 e. The van der Waals surface area contributed by atoms with E-state index in [0.29, 0.717) is 0 Å². The van der Waals surface area contributed by atoms with Crippen LogP contribution in [-0.2, 0) is 0 Å². The molecule has 0 aromatic carbocycles. The molecule has 2 heteroatoms. The molecule has 13 heavy (non-hydrogen) atoms. The SMILES string of the molecule is CC(C)CSCC1(O)CCCCC1. The van der Waals surface area contributed by atoms with E-state index in [2.05, 4.69) is 13.8 Å². The van der Waals surface area contributed by atoms with Crippen LogP contribution in [0.5, 0.6) is 0 Å². The lowest BCUT2D eigenvalue weighted by atomic mass is 9.86. The molecule has 0 aromatic heterocycles. The number of hydrogen-bond donors (Lipinski definition) is 1. The van der Waals surface area contributed by atoms with E-state index < -0.39 is 0 Å². The molecular formula is C11H22OS. The summed E-state index contributed by atoms with van der Waals surface area (Å²) in [5, 5.41) is 10.2. The van der Waals surface area contributed by atoms with Crippen molar-refractivity contribution in [2.24, 2.45) is 5.92 Å². The Morgan fingerprint density at radius 3 is 2.38 bits per heavy atom. The summed E-state index contributed by atoms with van der Waals surface area (Å²) in [6.07, 6.45) is 5.81. The zero-order valence-corrected chi connectivity index (χ0v) is 9.70. The fourth-order valence-electron chi connectivity index (χ4n) is 1.84. The molecule has 0 amide bonds. The van der Waals surface area contributed by atoms with Crippen LogP contribution in [0.2, 0.25) is 0 Å². The topological polar surface area (TPSA) is 20.2 Å². The molecule has 0 aromatic rings. The highest BCUT2D eigenvalue weighted by Crippen LogP contribution is 2.31. The predicted molar refractivity (Wildman–Crippen MR) is 60.2 cm³/mol. The molecule has 0 saturated heterocycles. The highest BCUT2D eigenvalue weighted by Gasteiger charge is 2.28. The normalized spacial score (nSPS) is 22.2. The minimum Gasteiger partial charge on any atom is -0.389 e. The van der Waals surface area contributed by atoms with Gasteiger partial charge in [-0.1, -0.05) is 33.1 Å². The number of hydrogen-bond acceptors (Lipinski definition) is 2. The molecule has 0 unspecified atom stereocenters. The first-order valence-corrected chi connectivity index (χ1v) is 6.58. The first-order chi connectivity index (χ1) is 6.12. The van der Waals surface area contributed by atoms with Gasteiger partial charge in [-0.25, -0.2) is 0 Å². The van der Waals surface area contributed by atoms with E-state index in [1.807, 2.05) is 11.8 Å². The van der Waals surface area contributed by atoms with Gasteiger partial charge in [-0.15, -0.1) is 0 Å². The highest BCUT2D eigenvalue weighted by atomic mass is 32.2. The van der Waals surface area contributed by atoms with Crippen molar-refractivity contribution in [1.29, 1.82) is 0 Å². The maximum Gasteiger partial charge on any atom is 0.0737 e. The molecular weight excluding hydrogens is 180 g/mol. The van der Waals surface area contributed by atoms with Gasteiger partial charge in [-0.2, -0.15) is 11.8 Å². The van der Waals surface area contributed by atoms with Gasteiger partial charge in [-0.3, -0.25) is 0 Å². The molecule has 1 aliphatic carbocycles. The molecule has 0 spiro atoms. The summed E-state index contributed by atoms with van der Waals surface area (Å²) in [6.45, 7) is 4.47. The van der Waals surface area contributed by atoms with Gasteiger partial charge in [0, 0.05) is 5.75 Å². The van der Waals surface area contributed by atoms with Crippen LogP contribution in [0, 0.1) is 5.92 Å². The molecule has 0 radical (unpaired) electrons. The van der Waals surface area contributed by atoms with Gasteiger partial charge in [0.2, 0.25) is 0 Å². The third-order valence-electron chi connectivity index (χ3n) is 2.61. The summed E-state index contributed by atoms with van der Waals surface area (Å²) >= 11 is 1.92. The Bertz CT molecular complexity index is 139. The number of rotatable bonds is 4. The first-order valence-electron chi connectivity index (χ1n) is 5.42. The molecule has 1 aliphatic rings. The molecule has 0 heterocycles. The predicted octanol–water partition coefficient (Wildman–Crippen LogP) is 3.07. The minimum atomic E-state index is -0.322. The van der Waals surface area contributed by atoms with E-state index >= 15 is 0 Å². The van der Waals surface area contributed by atoms with Gasteiger partial charge in [0.15, 0.2) is 0 Å². The molecule has 1 rings (SSSR count). The van der Waals surface area contributed by atoms with Crippen LogP contribution in [0.15, 0.2) is 0 Å². The lowest BCUT2D eigenvalue weighted by molar-refractivity contribution is 0.0273. The molecule has 78 valence electrons. The third kappa shape index (κ3) is 4.37. The summed E-state index contributed by atoms with van der Waals surface area (Å²) in [4.78, 5) is 0. The first kappa shape index (κ1) is 11.4. The van der Waals surface area contributed by atoms with Crippen molar-refractivity contribution in [2.75, 3.05) is 11.5 Å². The summed E-state index contributed by atoms with van der Waals surface area (Å²) < 4.78 is 0. The van der Waals surface area contributed by atoms with Crippen LogP contribution in [0.1, 0.15) is 46.0 Å². The van der Waals surface area contributed by atoms with Crippen LogP contribution in [0.3, 0.4) is 0 Å². The van der Waals surface area contributed by atoms with Gasteiger partial charge in [-0.05, 0) is 24.5 Å². The van der Waals surface area contributed by atoms with Crippen molar-refractivity contribution < 1.29 is 5.11 Å². The second kappa shape index (κ2) is 5.26. The maximum absolute atomic E-state index is 10.2. The lowest BCUT2D eigenvalue weighted by Crippen LogP contribution is -2.34. The Labute approximate surface area is 86.3 Å². The zero-order valence-electron chi connectivity index (χ0n) is 8.88. The summed E-state index contributed by atoms with van der Waals surface area (Å²) in [7, 11) is 0. The van der Waals surface area contributed by atoms with Crippen molar-refractivity contribution >= 4 is 11.8 Å². The maximum atomic E-state index is 10.2. The van der Waals surface area contributed by atoms with E-state index in [-0.39, 0.29) is 5.60 Å². The van der Waals surface area contributed by atoms with Gasteiger partial charge < -0.3 is 5.11 Å². The van der Waals surface area contributed by atoms with Crippen LogP contribution in [0.4, 0.5) is 0 Å². The monoisotopic (exact) mass is 202 g/mol. The Hall–Kier alpha value is 0.310. The van der Waals surface area contributed by atoms with E-state index in [4.69, 9.17) is 0 Å². The molecule has 1 fully saturated rings. The summed E-state index contributed by atoms with van der Waals surface area (Å²) in [6, 6.07) is 0. The highest BCUT2D eigenvalue weighted by molar-refractivity contribution is 7.99. The third-order valence-corrected chi connectivity index (χ3v) is 4.25. The Morgan fingerprint density at radius 1 is 1.23 bits per heavy atom. The van der Waals surface area contributed by atoms with Gasteiger partial charge in [0.1, 0.15) is 0 Å². The van der Waals surface area contributed by atoms with Crippen molar-refractivity contribution in [2.45, 2.75) is 51.6 Å². The summed E-state index contributed by atoms with van der Waals surface area (Å²) in [5.74, 6) is 2.88. The van der Waals surface area contributed by atoms with E-state index in [9.17, 15) is 5.11 Å². The molecule has 0 bridgehead atoms. The van der Waals surface area contributed by atoms with E-state index in [1.54, 1.807) is 0 Å². The molecule has 1 nitrogen and oxygen atoms in total. The van der Waals surface area contributed by atoms with Crippen molar-refractivity contribution in [1.82, 2.24) is 0 Å². The fourth-order valence-corrected chi connectivity index (χ4v) is 3.10. The van der Waals surface area contributed by atoms with Crippen LogP contribution >= 0.6 is 11.8 Å². The fraction of sp³-hybridized carbons (Fsp3) is 1.00. The summed E-state index contributed by atoms with van der Waals surface area (Å²) in [5.41, 5.74) is -0.322. The Kier molecular flexibility index (Phi) is 4.60. The Balaban J connectivity index is 2.17. The van der Waals surface area contributed by atoms with E-state index in [1.165, 1.54) is 25.0 Å². The van der Waals surface area contributed by atoms with Gasteiger partial charge in [0.05, 0.1) is 5.60 Å². The van der Waals surface area contributed by atoms with Gasteiger partial charge in [0.25, 0.3) is 0 Å². The Morgan fingerprint density at radius 2 is 1.85 bits per heavy atom. The molecule has 1 N–H and O–H groups in total. The van der Waals surface area contributed by atoms with Crippen molar-refractivity contribution in [3.8, 4) is 0 Å². The quantitative estimate of drug-likeness (QED) is 0.756. The van der Waals surface area contributed by atoms with Crippen LogP contribution in [0.25, 0.3) is 0 Å². The minimum absolute atomic E-state index is 0.322. The second-order valence-corrected chi connectivity index (χ2v) is 5.72. The molecule has 0 aliphatic heterocycles.